The molecule has 0 unspecified atom stereocenters. The summed E-state index contributed by atoms with van der Waals surface area (Å²) < 4.78 is 2.13. The average Bonchev–Trinajstić information content (AvgIpc) is 2.94. The summed E-state index contributed by atoms with van der Waals surface area (Å²) in [5.41, 5.74) is 1.91. The van der Waals surface area contributed by atoms with Crippen LogP contribution in [0.25, 0.3) is 5.57 Å². The van der Waals surface area contributed by atoms with Crippen LogP contribution in [-0.4, -0.2) is 9.55 Å². The lowest BCUT2D eigenvalue weighted by atomic mass is 10.1. The zero-order valence-electron chi connectivity index (χ0n) is 11.8. The van der Waals surface area contributed by atoms with Gasteiger partial charge in [-0.3, -0.25) is 0 Å². The van der Waals surface area contributed by atoms with Crippen molar-refractivity contribution in [2.45, 2.75) is 32.7 Å². The smallest absolute Gasteiger partial charge is 0.141 e. The van der Waals surface area contributed by atoms with Gasteiger partial charge in [-0.15, -0.1) is 0 Å². The zero-order valence-corrected chi connectivity index (χ0v) is 11.8. The molecule has 0 aliphatic carbocycles. The monoisotopic (exact) mass is 265 g/mol. The van der Waals surface area contributed by atoms with Gasteiger partial charge in [-0.2, -0.15) is 5.26 Å². The molecule has 0 saturated heterocycles. The van der Waals surface area contributed by atoms with Crippen LogP contribution in [0.4, 0.5) is 0 Å². The van der Waals surface area contributed by atoms with E-state index in [1.807, 2.05) is 36.5 Å². The highest BCUT2D eigenvalue weighted by atomic mass is 15.1. The first-order valence-corrected chi connectivity index (χ1v) is 7.03. The number of aromatic nitrogens is 2. The van der Waals surface area contributed by atoms with Crippen molar-refractivity contribution in [3.63, 3.8) is 0 Å². The van der Waals surface area contributed by atoms with Gasteiger partial charge in [0, 0.05) is 30.6 Å². The number of nitriles is 1. The number of benzene rings is 1. The molecule has 3 nitrogen and oxygen atoms in total. The summed E-state index contributed by atoms with van der Waals surface area (Å²) in [6, 6.07) is 12.1. The Kier molecular flexibility index (Phi) is 5.14. The Morgan fingerprint density at radius 1 is 1.30 bits per heavy atom. The van der Waals surface area contributed by atoms with Crippen LogP contribution in [0, 0.1) is 11.3 Å². The maximum absolute atomic E-state index is 9.04. The minimum absolute atomic E-state index is 0.869. The summed E-state index contributed by atoms with van der Waals surface area (Å²) in [7, 11) is 0. The first-order valence-electron chi connectivity index (χ1n) is 7.03. The van der Waals surface area contributed by atoms with Gasteiger partial charge in [-0.25, -0.2) is 4.98 Å². The van der Waals surface area contributed by atoms with Crippen LogP contribution in [0.3, 0.4) is 0 Å². The third kappa shape index (κ3) is 3.36. The number of imidazole rings is 1. The van der Waals surface area contributed by atoms with Gasteiger partial charge in [-0.05, 0) is 12.0 Å². The summed E-state index contributed by atoms with van der Waals surface area (Å²) in [5, 5.41) is 9.04. The molecule has 0 atom stereocenters. The summed E-state index contributed by atoms with van der Waals surface area (Å²) in [5.74, 6) is 0.869. The Morgan fingerprint density at radius 3 is 2.80 bits per heavy atom. The van der Waals surface area contributed by atoms with Gasteiger partial charge >= 0.3 is 0 Å². The van der Waals surface area contributed by atoms with E-state index in [1.54, 1.807) is 12.3 Å². The van der Waals surface area contributed by atoms with Crippen molar-refractivity contribution in [2.24, 2.45) is 0 Å². The van der Waals surface area contributed by atoms with Gasteiger partial charge in [0.1, 0.15) is 5.82 Å². The summed E-state index contributed by atoms with van der Waals surface area (Å²) >= 11 is 0. The van der Waals surface area contributed by atoms with Crippen molar-refractivity contribution in [1.82, 2.24) is 9.55 Å². The summed E-state index contributed by atoms with van der Waals surface area (Å²) in [4.78, 5) is 4.43. The Labute approximate surface area is 120 Å². The standard InChI is InChI=1S/C17H19N3/c1-2-3-7-13-20-14-12-19-17(20)16(10-11-18)15-8-5-4-6-9-15/h4-6,8-10,12,14H,2-3,7,13H2,1H3/b16-10-. The number of allylic oxidation sites excluding steroid dienone is 1. The maximum atomic E-state index is 9.04. The van der Waals surface area contributed by atoms with E-state index >= 15 is 0 Å². The molecule has 0 spiro atoms. The molecular formula is C17H19N3. The highest BCUT2D eigenvalue weighted by Gasteiger charge is 2.10. The molecule has 0 radical (unpaired) electrons. The van der Waals surface area contributed by atoms with E-state index in [1.165, 1.54) is 12.8 Å². The van der Waals surface area contributed by atoms with Gasteiger partial charge in [-0.1, -0.05) is 50.1 Å². The molecular weight excluding hydrogens is 246 g/mol. The minimum Gasteiger partial charge on any atom is -0.331 e. The molecule has 1 aromatic heterocycles. The topological polar surface area (TPSA) is 41.6 Å². The van der Waals surface area contributed by atoms with Crippen molar-refractivity contribution in [1.29, 1.82) is 5.26 Å². The van der Waals surface area contributed by atoms with E-state index in [-0.39, 0.29) is 0 Å². The normalized spacial score (nSPS) is 11.3. The quantitative estimate of drug-likeness (QED) is 0.584. The van der Waals surface area contributed by atoms with Crippen LogP contribution in [-0.2, 0) is 6.54 Å². The molecule has 0 amide bonds. The lowest BCUT2D eigenvalue weighted by Crippen LogP contribution is -2.03. The fourth-order valence-electron chi connectivity index (χ4n) is 2.23. The number of rotatable bonds is 6. The number of unbranched alkanes of at least 4 members (excludes halogenated alkanes) is 2. The van der Waals surface area contributed by atoms with Crippen molar-refractivity contribution >= 4 is 5.57 Å². The predicted molar refractivity (Wildman–Crippen MR) is 80.9 cm³/mol. The lowest BCUT2D eigenvalue weighted by molar-refractivity contribution is 0.597. The van der Waals surface area contributed by atoms with Crippen LogP contribution >= 0.6 is 0 Å². The number of aryl methyl sites for hydroxylation is 1. The van der Waals surface area contributed by atoms with Gasteiger partial charge in [0.05, 0.1) is 6.07 Å². The number of hydrogen-bond acceptors (Lipinski definition) is 2. The molecule has 0 N–H and O–H groups in total. The molecule has 0 saturated carbocycles. The van der Waals surface area contributed by atoms with E-state index < -0.39 is 0 Å². The Morgan fingerprint density at radius 2 is 2.10 bits per heavy atom. The second-order valence-corrected chi connectivity index (χ2v) is 4.70. The van der Waals surface area contributed by atoms with E-state index in [9.17, 15) is 0 Å². The SMILES string of the molecule is CCCCCn1ccnc1/C(=C\C#N)c1ccccc1. The molecule has 0 aliphatic heterocycles. The van der Waals surface area contributed by atoms with E-state index in [4.69, 9.17) is 5.26 Å². The third-order valence-electron chi connectivity index (χ3n) is 3.25. The number of nitrogens with zero attached hydrogens (tertiary/aromatic N) is 3. The summed E-state index contributed by atoms with van der Waals surface area (Å²) in [6.45, 7) is 3.14. The molecule has 0 bridgehead atoms. The van der Waals surface area contributed by atoms with E-state index in [0.717, 1.165) is 29.9 Å². The first-order chi connectivity index (χ1) is 9.86. The molecule has 0 aliphatic rings. The first kappa shape index (κ1) is 14.1. The Balaban J connectivity index is 2.30. The van der Waals surface area contributed by atoms with Gasteiger partial charge in [0.25, 0.3) is 0 Å². The van der Waals surface area contributed by atoms with Crippen molar-refractivity contribution in [3.05, 3.63) is 60.2 Å². The molecule has 0 fully saturated rings. The molecule has 3 heteroatoms. The van der Waals surface area contributed by atoms with Crippen LogP contribution < -0.4 is 0 Å². The van der Waals surface area contributed by atoms with E-state index in [0.29, 0.717) is 0 Å². The molecule has 1 heterocycles. The molecule has 2 aromatic rings. The third-order valence-corrected chi connectivity index (χ3v) is 3.25. The Hall–Kier alpha value is -2.34. The highest BCUT2D eigenvalue weighted by Crippen LogP contribution is 2.22. The van der Waals surface area contributed by atoms with Gasteiger partial charge in [0.2, 0.25) is 0 Å². The van der Waals surface area contributed by atoms with Gasteiger partial charge in [0.15, 0.2) is 0 Å². The number of hydrogen-bond donors (Lipinski definition) is 0. The molecule has 20 heavy (non-hydrogen) atoms. The highest BCUT2D eigenvalue weighted by molar-refractivity contribution is 5.78. The largest absolute Gasteiger partial charge is 0.331 e. The summed E-state index contributed by atoms with van der Waals surface area (Å²) in [6.07, 6.45) is 8.90. The zero-order chi connectivity index (χ0) is 14.2. The van der Waals surface area contributed by atoms with Crippen LogP contribution in [0.2, 0.25) is 0 Å². The molecule has 2 rings (SSSR count). The fourth-order valence-corrected chi connectivity index (χ4v) is 2.23. The predicted octanol–water partition coefficient (Wildman–Crippen LogP) is 4.03. The lowest BCUT2D eigenvalue weighted by Gasteiger charge is -2.10. The van der Waals surface area contributed by atoms with Gasteiger partial charge < -0.3 is 4.57 Å². The van der Waals surface area contributed by atoms with Crippen LogP contribution in [0.15, 0.2) is 48.8 Å². The Bertz CT molecular complexity index is 603. The van der Waals surface area contributed by atoms with Crippen molar-refractivity contribution < 1.29 is 0 Å². The van der Waals surface area contributed by atoms with E-state index in [2.05, 4.69) is 22.5 Å². The van der Waals surface area contributed by atoms with Crippen molar-refractivity contribution in [2.75, 3.05) is 0 Å². The fraction of sp³-hybridized carbons (Fsp3) is 0.294. The van der Waals surface area contributed by atoms with Crippen LogP contribution in [0.5, 0.6) is 0 Å². The van der Waals surface area contributed by atoms with Crippen molar-refractivity contribution in [3.8, 4) is 6.07 Å². The molecule has 102 valence electrons. The van der Waals surface area contributed by atoms with Crippen LogP contribution in [0.1, 0.15) is 37.6 Å². The minimum atomic E-state index is 0.869. The average molecular weight is 265 g/mol. The maximum Gasteiger partial charge on any atom is 0.141 e. The second kappa shape index (κ2) is 7.30. The molecule has 1 aromatic carbocycles. The second-order valence-electron chi connectivity index (χ2n) is 4.70.